The lowest BCUT2D eigenvalue weighted by molar-refractivity contribution is -0.138. The third kappa shape index (κ3) is 3.98. The number of benzene rings is 3. The van der Waals surface area contributed by atoms with Crippen LogP contribution >= 0.6 is 0 Å². The maximum absolute atomic E-state index is 14.6. The summed E-state index contributed by atoms with van der Waals surface area (Å²) in [6, 6.07) is 20.6. The Bertz CT molecular complexity index is 1430. The number of halogens is 3. The highest BCUT2D eigenvalue weighted by atomic mass is 19.4. The van der Waals surface area contributed by atoms with Gasteiger partial charge < -0.3 is 18.9 Å². The van der Waals surface area contributed by atoms with Gasteiger partial charge in [-0.3, -0.25) is 4.79 Å². The number of methoxy groups -OCH3 is 2. The molecule has 0 bridgehead atoms. The number of carbonyl (C=O) groups is 1. The molecule has 4 aromatic rings. The van der Waals surface area contributed by atoms with Crippen molar-refractivity contribution in [2.45, 2.75) is 19.3 Å². The van der Waals surface area contributed by atoms with E-state index in [4.69, 9.17) is 9.47 Å². The average Bonchev–Trinajstić information content (AvgIpc) is 3.25. The van der Waals surface area contributed by atoms with E-state index in [1.54, 1.807) is 42.5 Å². The molecule has 0 saturated heterocycles. The van der Waals surface area contributed by atoms with Gasteiger partial charge in [0, 0.05) is 29.7 Å². The van der Waals surface area contributed by atoms with E-state index >= 15 is 0 Å². The summed E-state index contributed by atoms with van der Waals surface area (Å²) >= 11 is 0. The molecule has 0 unspecified atom stereocenters. The minimum atomic E-state index is -4.81. The molecule has 36 heavy (non-hydrogen) atoms. The zero-order valence-corrected chi connectivity index (χ0v) is 19.7. The van der Waals surface area contributed by atoms with Gasteiger partial charge in [0.1, 0.15) is 17.1 Å². The molecule has 1 amide bonds. The van der Waals surface area contributed by atoms with Crippen molar-refractivity contribution in [2.75, 3.05) is 19.1 Å². The van der Waals surface area contributed by atoms with E-state index < -0.39 is 23.4 Å². The van der Waals surface area contributed by atoms with Gasteiger partial charge in [0.2, 0.25) is 0 Å². The molecule has 0 N–H and O–H groups in total. The summed E-state index contributed by atoms with van der Waals surface area (Å²) < 4.78 is 56.5. The molecule has 1 aromatic heterocycles. The molecule has 0 aliphatic carbocycles. The van der Waals surface area contributed by atoms with Gasteiger partial charge in [-0.25, -0.2) is 0 Å². The van der Waals surface area contributed by atoms with Crippen LogP contribution in [0.5, 0.6) is 11.5 Å². The zero-order chi connectivity index (χ0) is 25.4. The number of hydrogen-bond donors (Lipinski definition) is 0. The van der Waals surface area contributed by atoms with Crippen LogP contribution in [0.15, 0.2) is 79.0 Å². The first-order valence-corrected chi connectivity index (χ1v) is 11.3. The third-order valence-corrected chi connectivity index (χ3v) is 6.36. The van der Waals surface area contributed by atoms with Crippen LogP contribution < -0.4 is 14.4 Å². The van der Waals surface area contributed by atoms with Gasteiger partial charge >= 0.3 is 6.18 Å². The largest absolute Gasteiger partial charge is 0.496 e. The van der Waals surface area contributed by atoms with Gasteiger partial charge in [0.25, 0.3) is 5.91 Å². The van der Waals surface area contributed by atoms with E-state index in [2.05, 4.69) is 0 Å². The van der Waals surface area contributed by atoms with Crippen LogP contribution in [-0.4, -0.2) is 24.7 Å². The first kappa shape index (κ1) is 23.5. The summed E-state index contributed by atoms with van der Waals surface area (Å²) in [5.41, 5.74) is 1.22. The van der Waals surface area contributed by atoms with Crippen molar-refractivity contribution in [1.82, 2.24) is 4.57 Å². The first-order valence-electron chi connectivity index (χ1n) is 11.3. The van der Waals surface area contributed by atoms with Crippen LogP contribution in [0.2, 0.25) is 0 Å². The van der Waals surface area contributed by atoms with Gasteiger partial charge in [-0.15, -0.1) is 0 Å². The number of nitrogens with zero attached hydrogens (tertiary/aromatic N) is 2. The molecule has 1 aliphatic rings. The Morgan fingerprint density at radius 3 is 2.31 bits per heavy atom. The second kappa shape index (κ2) is 9.11. The molecule has 0 saturated carbocycles. The van der Waals surface area contributed by atoms with Crippen molar-refractivity contribution in [1.29, 1.82) is 0 Å². The second-order valence-electron chi connectivity index (χ2n) is 8.42. The number of fused-ring (bicyclic) bond motifs is 2. The van der Waals surface area contributed by atoms with Crippen LogP contribution in [0.3, 0.4) is 0 Å². The SMILES string of the molecule is COc1cc(C(=O)N2Cc3cccn3Cc3ccccc32)c(OC)c(C(F)(F)F)c1-c1ccccc1. The highest BCUT2D eigenvalue weighted by Crippen LogP contribution is 2.49. The fourth-order valence-electron chi connectivity index (χ4n) is 4.75. The monoisotopic (exact) mass is 492 g/mol. The van der Waals surface area contributed by atoms with Gasteiger partial charge in [0.05, 0.1) is 26.3 Å². The van der Waals surface area contributed by atoms with Crippen molar-refractivity contribution in [2.24, 2.45) is 0 Å². The highest BCUT2D eigenvalue weighted by Gasteiger charge is 2.42. The molecular formula is C28H23F3N2O3. The van der Waals surface area contributed by atoms with Crippen LogP contribution in [0.25, 0.3) is 11.1 Å². The van der Waals surface area contributed by atoms with Crippen LogP contribution in [0.1, 0.15) is 27.2 Å². The normalized spacial score (nSPS) is 13.0. The summed E-state index contributed by atoms with van der Waals surface area (Å²) in [5.74, 6) is -1.22. The Hall–Kier alpha value is -4.20. The molecule has 1 aliphatic heterocycles. The molecule has 5 rings (SSSR count). The zero-order valence-electron chi connectivity index (χ0n) is 19.7. The number of amides is 1. The minimum Gasteiger partial charge on any atom is -0.496 e. The Morgan fingerprint density at radius 2 is 1.61 bits per heavy atom. The number of hydrogen-bond acceptors (Lipinski definition) is 3. The predicted molar refractivity (Wildman–Crippen MR) is 130 cm³/mol. The number of aromatic nitrogens is 1. The number of anilines is 1. The lowest BCUT2D eigenvalue weighted by Crippen LogP contribution is -2.31. The molecule has 0 fully saturated rings. The smallest absolute Gasteiger partial charge is 0.420 e. The molecule has 0 spiro atoms. The van der Waals surface area contributed by atoms with Crippen molar-refractivity contribution < 1.29 is 27.4 Å². The maximum atomic E-state index is 14.6. The molecule has 0 radical (unpaired) electrons. The fraction of sp³-hybridized carbons (Fsp3) is 0.179. The maximum Gasteiger partial charge on any atom is 0.420 e. The van der Waals surface area contributed by atoms with E-state index in [0.29, 0.717) is 17.8 Å². The van der Waals surface area contributed by atoms with E-state index in [-0.39, 0.29) is 23.4 Å². The van der Waals surface area contributed by atoms with Crippen LogP contribution in [0, 0.1) is 0 Å². The number of para-hydroxylation sites is 1. The van der Waals surface area contributed by atoms with E-state index in [9.17, 15) is 18.0 Å². The molecule has 2 heterocycles. The van der Waals surface area contributed by atoms with E-state index in [1.807, 2.05) is 35.0 Å². The van der Waals surface area contributed by atoms with E-state index in [1.165, 1.54) is 18.1 Å². The fourth-order valence-corrected chi connectivity index (χ4v) is 4.75. The number of carbonyl (C=O) groups excluding carboxylic acids is 1. The summed E-state index contributed by atoms with van der Waals surface area (Å²) in [6.07, 6.45) is -2.90. The molecule has 0 atom stereocenters. The Balaban J connectivity index is 1.74. The Labute approximate surface area is 206 Å². The second-order valence-corrected chi connectivity index (χ2v) is 8.42. The summed E-state index contributed by atoms with van der Waals surface area (Å²) in [6.45, 7) is 0.736. The van der Waals surface area contributed by atoms with Crippen molar-refractivity contribution in [3.63, 3.8) is 0 Å². The average molecular weight is 492 g/mol. The Morgan fingerprint density at radius 1 is 0.889 bits per heavy atom. The van der Waals surface area contributed by atoms with Gasteiger partial charge in [-0.1, -0.05) is 48.5 Å². The van der Waals surface area contributed by atoms with Gasteiger partial charge in [-0.05, 0) is 35.4 Å². The topological polar surface area (TPSA) is 43.7 Å². The molecule has 3 aromatic carbocycles. The minimum absolute atomic E-state index is 0.0656. The number of ether oxygens (including phenoxy) is 2. The molecular weight excluding hydrogens is 469 g/mol. The molecule has 5 nitrogen and oxygen atoms in total. The standard InChI is InChI=1S/C28H23F3N2O3/c1-35-23-15-21(26(36-2)25(28(29,30)31)24(23)18-9-4-3-5-10-18)27(34)33-17-20-12-8-14-32(20)16-19-11-6-7-13-22(19)33/h3-15H,16-17H2,1-2H3. The van der Waals surface area contributed by atoms with Gasteiger partial charge in [-0.2, -0.15) is 13.2 Å². The van der Waals surface area contributed by atoms with Crippen molar-refractivity contribution >= 4 is 11.6 Å². The lowest BCUT2D eigenvalue weighted by atomic mass is 9.93. The van der Waals surface area contributed by atoms with Crippen LogP contribution in [0.4, 0.5) is 18.9 Å². The van der Waals surface area contributed by atoms with Crippen LogP contribution in [-0.2, 0) is 19.3 Å². The summed E-state index contributed by atoms with van der Waals surface area (Å²) in [4.78, 5) is 15.5. The lowest BCUT2D eigenvalue weighted by Gasteiger charge is -2.26. The van der Waals surface area contributed by atoms with Gasteiger partial charge in [0.15, 0.2) is 0 Å². The Kier molecular flexibility index (Phi) is 5.96. The molecule has 184 valence electrons. The first-order chi connectivity index (χ1) is 17.3. The summed E-state index contributed by atoms with van der Waals surface area (Å²) in [5, 5.41) is 0. The molecule has 8 heteroatoms. The summed E-state index contributed by atoms with van der Waals surface area (Å²) in [7, 11) is 2.43. The number of alkyl halides is 3. The quantitative estimate of drug-likeness (QED) is 0.331. The van der Waals surface area contributed by atoms with Crippen molar-refractivity contribution in [3.8, 4) is 22.6 Å². The highest BCUT2D eigenvalue weighted by molar-refractivity contribution is 6.09. The number of rotatable bonds is 4. The van der Waals surface area contributed by atoms with E-state index in [0.717, 1.165) is 18.4 Å². The third-order valence-electron chi connectivity index (χ3n) is 6.36. The van der Waals surface area contributed by atoms with Crippen molar-refractivity contribution in [3.05, 3.63) is 101 Å². The predicted octanol–water partition coefficient (Wildman–Crippen LogP) is 6.40.